The molecular formula is C48H89NO18. The minimum absolute atomic E-state index is 0.247. The van der Waals surface area contributed by atoms with E-state index in [0.717, 1.165) is 51.4 Å². The fraction of sp³-hybridized carbons (Fsp3) is 0.938. The molecule has 394 valence electrons. The number of allylic oxidation sites excluding steroid dienone is 1. The summed E-state index contributed by atoms with van der Waals surface area (Å²) < 4.78 is 34.0. The van der Waals surface area contributed by atoms with E-state index in [2.05, 4.69) is 19.2 Å². The number of ether oxygens (including phenoxy) is 6. The number of hydrogen-bond acceptors (Lipinski definition) is 18. The minimum atomic E-state index is -1.97. The Hall–Kier alpha value is -1.47. The lowest BCUT2D eigenvalue weighted by atomic mass is 9.96. The molecule has 3 fully saturated rings. The maximum Gasteiger partial charge on any atom is 0.220 e. The van der Waals surface area contributed by atoms with Crippen LogP contribution in [0.15, 0.2) is 12.2 Å². The summed E-state index contributed by atoms with van der Waals surface area (Å²) in [7, 11) is 0. The third-order valence-electron chi connectivity index (χ3n) is 13.1. The molecule has 17 atom stereocenters. The largest absolute Gasteiger partial charge is 0.394 e. The van der Waals surface area contributed by atoms with Gasteiger partial charge in [0.2, 0.25) is 5.91 Å². The molecule has 1 amide bonds. The lowest BCUT2D eigenvalue weighted by Gasteiger charge is -2.48. The van der Waals surface area contributed by atoms with Gasteiger partial charge in [-0.05, 0) is 19.3 Å². The first kappa shape index (κ1) is 59.8. The highest BCUT2D eigenvalue weighted by Crippen LogP contribution is 2.33. The van der Waals surface area contributed by atoms with Crippen LogP contribution < -0.4 is 5.32 Å². The van der Waals surface area contributed by atoms with Crippen LogP contribution in [0.1, 0.15) is 155 Å². The summed E-state index contributed by atoms with van der Waals surface area (Å²) in [6, 6.07) is -0.962. The zero-order valence-electron chi connectivity index (χ0n) is 40.1. The van der Waals surface area contributed by atoms with Crippen molar-refractivity contribution >= 4 is 5.91 Å². The van der Waals surface area contributed by atoms with E-state index in [1.807, 2.05) is 6.08 Å². The second-order valence-electron chi connectivity index (χ2n) is 18.6. The molecule has 0 aliphatic carbocycles. The van der Waals surface area contributed by atoms with E-state index in [0.29, 0.717) is 6.42 Å². The topological polar surface area (TPSA) is 307 Å². The number of nitrogens with one attached hydrogen (secondary N) is 1. The number of unbranched alkanes of at least 4 members (excludes halogenated alkanes) is 19. The van der Waals surface area contributed by atoms with Gasteiger partial charge in [-0.25, -0.2) is 0 Å². The Morgan fingerprint density at radius 3 is 1.40 bits per heavy atom. The Morgan fingerprint density at radius 2 is 0.925 bits per heavy atom. The molecule has 3 aliphatic rings. The highest BCUT2D eigenvalue weighted by Gasteiger charge is 2.53. The van der Waals surface area contributed by atoms with Gasteiger partial charge in [0, 0.05) is 6.42 Å². The van der Waals surface area contributed by atoms with Crippen molar-refractivity contribution in [2.45, 2.75) is 259 Å². The molecule has 0 bridgehead atoms. The first-order valence-electron chi connectivity index (χ1n) is 25.4. The van der Waals surface area contributed by atoms with Crippen molar-refractivity contribution in [1.29, 1.82) is 0 Å². The summed E-state index contributed by atoms with van der Waals surface area (Å²) >= 11 is 0. The van der Waals surface area contributed by atoms with Crippen LogP contribution in [0.4, 0.5) is 0 Å². The fourth-order valence-corrected chi connectivity index (χ4v) is 8.78. The SMILES string of the molecule is CCCCCC/C=C/C(O)C(COC1OC(CO)C(OC2OC(CO)C(OC3OC(CO)C(O)C(O)C3O)C(O)C2O)C(O)C1O)NC(=O)CCCCCCCCCCCCCCCCCC. The van der Waals surface area contributed by atoms with Gasteiger partial charge < -0.3 is 89.9 Å². The third-order valence-corrected chi connectivity index (χ3v) is 13.1. The summed E-state index contributed by atoms with van der Waals surface area (Å²) in [4.78, 5) is 13.1. The first-order chi connectivity index (χ1) is 32.3. The van der Waals surface area contributed by atoms with Gasteiger partial charge in [0.1, 0.15) is 73.2 Å². The van der Waals surface area contributed by atoms with E-state index in [9.17, 15) is 61.0 Å². The van der Waals surface area contributed by atoms with Crippen molar-refractivity contribution in [3.8, 4) is 0 Å². The van der Waals surface area contributed by atoms with Crippen LogP contribution in [-0.4, -0.2) is 193 Å². The number of carbonyl (C=O) groups excluding carboxylic acids is 1. The third kappa shape index (κ3) is 20.3. The highest BCUT2D eigenvalue weighted by molar-refractivity contribution is 5.76. The normalized spacial score (nSPS) is 33.5. The summed E-state index contributed by atoms with van der Waals surface area (Å²) in [5.41, 5.74) is 0. The van der Waals surface area contributed by atoms with Crippen LogP contribution in [0.3, 0.4) is 0 Å². The van der Waals surface area contributed by atoms with E-state index in [-0.39, 0.29) is 18.9 Å². The van der Waals surface area contributed by atoms with E-state index >= 15 is 0 Å². The van der Waals surface area contributed by atoms with Crippen molar-refractivity contribution in [1.82, 2.24) is 5.32 Å². The molecule has 0 saturated carbocycles. The molecule has 19 nitrogen and oxygen atoms in total. The molecule has 0 radical (unpaired) electrons. The van der Waals surface area contributed by atoms with E-state index < -0.39 is 124 Å². The smallest absolute Gasteiger partial charge is 0.220 e. The molecule has 0 aromatic carbocycles. The summed E-state index contributed by atoms with van der Waals surface area (Å²) in [6.45, 7) is 1.60. The van der Waals surface area contributed by atoms with Crippen LogP contribution in [0.5, 0.6) is 0 Å². The second kappa shape index (κ2) is 34.0. The van der Waals surface area contributed by atoms with Crippen molar-refractivity contribution in [2.24, 2.45) is 0 Å². The molecule has 0 spiro atoms. The number of aliphatic hydroxyl groups excluding tert-OH is 11. The van der Waals surface area contributed by atoms with Gasteiger partial charge in [0.25, 0.3) is 0 Å². The zero-order valence-corrected chi connectivity index (χ0v) is 40.1. The molecule has 3 heterocycles. The maximum atomic E-state index is 13.1. The van der Waals surface area contributed by atoms with Gasteiger partial charge >= 0.3 is 0 Å². The molecule has 19 heteroatoms. The predicted octanol–water partition coefficient (Wildman–Crippen LogP) is 1.48. The highest BCUT2D eigenvalue weighted by atomic mass is 16.8. The molecule has 3 aliphatic heterocycles. The number of carbonyl (C=O) groups is 1. The van der Waals surface area contributed by atoms with E-state index in [1.165, 1.54) is 77.0 Å². The number of aliphatic hydroxyl groups is 11. The van der Waals surface area contributed by atoms with Gasteiger partial charge in [-0.1, -0.05) is 142 Å². The van der Waals surface area contributed by atoms with Crippen LogP contribution in [0.2, 0.25) is 0 Å². The van der Waals surface area contributed by atoms with E-state index in [4.69, 9.17) is 28.4 Å². The van der Waals surface area contributed by atoms with E-state index in [1.54, 1.807) is 6.08 Å². The Labute approximate surface area is 397 Å². The second-order valence-corrected chi connectivity index (χ2v) is 18.6. The Bertz CT molecular complexity index is 1300. The van der Waals surface area contributed by atoms with Crippen molar-refractivity contribution < 1.29 is 89.4 Å². The van der Waals surface area contributed by atoms with Gasteiger partial charge in [-0.15, -0.1) is 0 Å². The molecule has 0 aromatic rings. The van der Waals surface area contributed by atoms with Gasteiger partial charge in [-0.2, -0.15) is 0 Å². The predicted molar refractivity (Wildman–Crippen MR) is 245 cm³/mol. The van der Waals surface area contributed by atoms with Gasteiger partial charge in [-0.3, -0.25) is 4.79 Å². The molecule has 17 unspecified atom stereocenters. The van der Waals surface area contributed by atoms with Crippen LogP contribution >= 0.6 is 0 Å². The fourth-order valence-electron chi connectivity index (χ4n) is 8.78. The molecule has 67 heavy (non-hydrogen) atoms. The Kier molecular flexibility index (Phi) is 30.4. The molecule has 3 rings (SSSR count). The average Bonchev–Trinajstić information content (AvgIpc) is 3.32. The Morgan fingerprint density at radius 1 is 0.522 bits per heavy atom. The Balaban J connectivity index is 1.51. The van der Waals surface area contributed by atoms with Crippen LogP contribution in [0.25, 0.3) is 0 Å². The minimum Gasteiger partial charge on any atom is -0.394 e. The summed E-state index contributed by atoms with van der Waals surface area (Å²) in [5, 5.41) is 119. The number of hydrogen-bond donors (Lipinski definition) is 12. The standard InChI is InChI=1S/C48H89NO18/c1-3-5-7-9-11-12-13-14-15-16-17-18-19-20-22-24-26-36(54)49-31(32(53)25-23-21-10-8-6-4-2)30-62-46-42(60)39(57)44(34(28-51)64-46)67-48-43(61)40(58)45(35(29-52)65-48)66-47-41(59)38(56)37(55)33(27-50)63-47/h23,25,31-35,37-48,50-53,55-61H,3-22,24,26-30H2,1-2H3,(H,49,54)/b25-23+. The van der Waals surface area contributed by atoms with Crippen molar-refractivity contribution in [2.75, 3.05) is 26.4 Å². The lowest BCUT2D eigenvalue weighted by Crippen LogP contribution is -2.66. The van der Waals surface area contributed by atoms with Crippen LogP contribution in [0, 0.1) is 0 Å². The average molecular weight is 968 g/mol. The number of rotatable bonds is 35. The van der Waals surface area contributed by atoms with Gasteiger partial charge in [0.15, 0.2) is 18.9 Å². The quantitative estimate of drug-likeness (QED) is 0.0316. The summed E-state index contributed by atoms with van der Waals surface area (Å²) in [6.07, 6.45) is 1.24. The molecule has 0 aromatic heterocycles. The molecular weight excluding hydrogens is 879 g/mol. The summed E-state index contributed by atoms with van der Waals surface area (Å²) in [5.74, 6) is -0.281. The van der Waals surface area contributed by atoms with Crippen molar-refractivity contribution in [3.05, 3.63) is 12.2 Å². The zero-order chi connectivity index (χ0) is 49.1. The molecule has 12 N–H and O–H groups in total. The van der Waals surface area contributed by atoms with Gasteiger partial charge in [0.05, 0.1) is 38.6 Å². The van der Waals surface area contributed by atoms with Crippen LogP contribution in [-0.2, 0) is 33.2 Å². The first-order valence-corrected chi connectivity index (χ1v) is 25.4. The monoisotopic (exact) mass is 968 g/mol. The lowest BCUT2D eigenvalue weighted by molar-refractivity contribution is -0.379. The maximum absolute atomic E-state index is 13.1. The number of amides is 1. The molecule has 3 saturated heterocycles. The van der Waals surface area contributed by atoms with Crippen molar-refractivity contribution in [3.63, 3.8) is 0 Å².